The van der Waals surface area contributed by atoms with Crippen molar-refractivity contribution in [3.63, 3.8) is 0 Å². The van der Waals surface area contributed by atoms with E-state index in [0.717, 1.165) is 39.2 Å². The summed E-state index contributed by atoms with van der Waals surface area (Å²) in [4.78, 5) is 3.32. The molecule has 2 N–H and O–H groups in total. The molecular weight excluding hydrogens is 534 g/mol. The Bertz CT molecular complexity index is 1380. The molecule has 0 aliphatic heterocycles. The quantitative estimate of drug-likeness (QED) is 0.174. The fourth-order valence-electron chi connectivity index (χ4n) is 5.67. The van der Waals surface area contributed by atoms with Crippen LogP contribution in [-0.4, -0.2) is 45.0 Å². The summed E-state index contributed by atoms with van der Waals surface area (Å²) < 4.78 is 43.3. The first-order chi connectivity index (χ1) is 19.6. The lowest BCUT2D eigenvalue weighted by Gasteiger charge is -2.43. The van der Waals surface area contributed by atoms with E-state index in [2.05, 4.69) is 37.1 Å². The molecule has 1 saturated carbocycles. The molecular formula is C34H42F2N2O2Si. The Balaban J connectivity index is 1.24. The molecule has 0 saturated heterocycles. The zero-order valence-corrected chi connectivity index (χ0v) is 25.6. The van der Waals surface area contributed by atoms with E-state index in [0.29, 0.717) is 12.3 Å². The summed E-state index contributed by atoms with van der Waals surface area (Å²) in [5, 5.41) is 5.81. The van der Waals surface area contributed by atoms with Gasteiger partial charge < -0.3 is 19.5 Å². The number of hydrogen-bond donors (Lipinski definition) is 2. The molecule has 1 aromatic heterocycles. The van der Waals surface area contributed by atoms with Crippen LogP contribution in [0.5, 0.6) is 5.75 Å². The van der Waals surface area contributed by atoms with E-state index in [1.807, 2.05) is 85.9 Å². The first-order valence-electron chi connectivity index (χ1n) is 14.7. The fourth-order valence-corrected chi connectivity index (χ4v) is 10.3. The molecule has 1 fully saturated rings. The summed E-state index contributed by atoms with van der Waals surface area (Å²) in [5.74, 6) is -1.47. The molecule has 1 aliphatic carbocycles. The van der Waals surface area contributed by atoms with Gasteiger partial charge in [-0.3, -0.25) is 0 Å². The zero-order valence-electron chi connectivity index (χ0n) is 24.6. The minimum Gasteiger partial charge on any atom is -0.493 e. The van der Waals surface area contributed by atoms with Gasteiger partial charge in [-0.15, -0.1) is 0 Å². The van der Waals surface area contributed by atoms with E-state index in [9.17, 15) is 0 Å². The van der Waals surface area contributed by atoms with Crippen LogP contribution in [0.25, 0.3) is 10.9 Å². The standard InChI is InChI=1S/C34H42F2N2O2Si/c1-25(19-27-21-37-32-20-28(17-18-31(27)32)39-22-26-15-16-26)38-23-34(35,36)24-40-41(33(2,3)4,29-11-7-5-8-12-29)30-13-9-6-10-14-30/h5-14,17-18,20-21,25-26,37-38H,15-16,19,22-24H2,1-4H3/t25-/m1/s1. The van der Waals surface area contributed by atoms with E-state index in [4.69, 9.17) is 9.16 Å². The lowest BCUT2D eigenvalue weighted by atomic mass is 10.1. The van der Waals surface area contributed by atoms with Crippen molar-refractivity contribution in [1.29, 1.82) is 0 Å². The van der Waals surface area contributed by atoms with Crippen LogP contribution >= 0.6 is 0 Å². The summed E-state index contributed by atoms with van der Waals surface area (Å²) in [7, 11) is -3.03. The van der Waals surface area contributed by atoms with Crippen LogP contribution in [0.1, 0.15) is 46.1 Å². The minimum absolute atomic E-state index is 0.140. The number of halogens is 2. The molecule has 0 radical (unpaired) electrons. The number of aromatic amines is 1. The predicted molar refractivity (Wildman–Crippen MR) is 166 cm³/mol. The largest absolute Gasteiger partial charge is 0.493 e. The number of alkyl halides is 2. The average molecular weight is 577 g/mol. The number of fused-ring (bicyclic) bond motifs is 1. The lowest BCUT2D eigenvalue weighted by Crippen LogP contribution is -2.67. The van der Waals surface area contributed by atoms with Gasteiger partial charge in [-0.2, -0.15) is 0 Å². The van der Waals surface area contributed by atoms with E-state index >= 15 is 8.78 Å². The van der Waals surface area contributed by atoms with Gasteiger partial charge in [-0.05, 0) is 65.2 Å². The summed E-state index contributed by atoms with van der Waals surface area (Å²) in [6, 6.07) is 25.8. The summed E-state index contributed by atoms with van der Waals surface area (Å²) in [6.45, 7) is 7.92. The smallest absolute Gasteiger partial charge is 0.281 e. The van der Waals surface area contributed by atoms with Crippen LogP contribution in [0.3, 0.4) is 0 Å². The monoisotopic (exact) mass is 576 g/mol. The first kappa shape index (κ1) is 29.5. The van der Waals surface area contributed by atoms with Crippen molar-refractivity contribution >= 4 is 29.6 Å². The highest BCUT2D eigenvalue weighted by Gasteiger charge is 2.51. The van der Waals surface area contributed by atoms with Crippen molar-refractivity contribution in [3.05, 3.63) is 90.6 Å². The second-order valence-electron chi connectivity index (χ2n) is 12.6. The Morgan fingerprint density at radius 1 is 0.951 bits per heavy atom. The Morgan fingerprint density at radius 3 is 2.17 bits per heavy atom. The third kappa shape index (κ3) is 6.91. The van der Waals surface area contributed by atoms with Gasteiger partial charge >= 0.3 is 0 Å². The van der Waals surface area contributed by atoms with Crippen LogP contribution in [0.15, 0.2) is 85.1 Å². The highest BCUT2D eigenvalue weighted by atomic mass is 28.4. The van der Waals surface area contributed by atoms with Crippen molar-refractivity contribution in [2.24, 2.45) is 5.92 Å². The molecule has 41 heavy (non-hydrogen) atoms. The second kappa shape index (κ2) is 12.1. The van der Waals surface area contributed by atoms with E-state index in [1.54, 1.807) is 0 Å². The molecule has 5 rings (SSSR count). The Hall–Kier alpha value is -3.00. The molecule has 1 heterocycles. The molecule has 0 spiro atoms. The molecule has 4 aromatic rings. The average Bonchev–Trinajstić information content (AvgIpc) is 3.71. The Kier molecular flexibility index (Phi) is 8.69. The predicted octanol–water partition coefficient (Wildman–Crippen LogP) is 6.69. The molecule has 4 nitrogen and oxygen atoms in total. The van der Waals surface area contributed by atoms with Crippen LogP contribution in [0, 0.1) is 5.92 Å². The van der Waals surface area contributed by atoms with Gasteiger partial charge in [0.15, 0.2) is 0 Å². The zero-order chi connectivity index (χ0) is 29.1. The normalized spacial score (nSPS) is 15.3. The van der Waals surface area contributed by atoms with Crippen LogP contribution in [-0.2, 0) is 10.8 Å². The Morgan fingerprint density at radius 2 is 1.59 bits per heavy atom. The molecule has 218 valence electrons. The highest BCUT2D eigenvalue weighted by Crippen LogP contribution is 2.37. The SMILES string of the molecule is C[C@H](Cc1c[nH]c2cc(OCC3CC3)ccc12)NCC(F)(F)CO[Si](c1ccccc1)(c1ccccc1)C(C)(C)C. The Labute approximate surface area is 243 Å². The van der Waals surface area contributed by atoms with Crippen molar-refractivity contribution in [1.82, 2.24) is 10.3 Å². The number of nitrogens with one attached hydrogen (secondary N) is 2. The summed E-state index contributed by atoms with van der Waals surface area (Å²) >= 11 is 0. The molecule has 3 aromatic carbocycles. The molecule has 1 atom stereocenters. The van der Waals surface area contributed by atoms with Crippen molar-refractivity contribution in [2.75, 3.05) is 19.8 Å². The molecule has 0 amide bonds. The van der Waals surface area contributed by atoms with Gasteiger partial charge in [0.2, 0.25) is 0 Å². The maximum Gasteiger partial charge on any atom is 0.281 e. The third-order valence-electron chi connectivity index (χ3n) is 8.07. The fraction of sp³-hybridized carbons (Fsp3) is 0.412. The topological polar surface area (TPSA) is 46.3 Å². The second-order valence-corrected chi connectivity index (χ2v) is 16.9. The number of H-pyrrole nitrogens is 1. The number of rotatable bonds is 13. The maximum absolute atomic E-state index is 15.5. The summed E-state index contributed by atoms with van der Waals surface area (Å²) in [5.41, 5.74) is 2.10. The van der Waals surface area contributed by atoms with E-state index < -0.39 is 27.4 Å². The number of hydrogen-bond acceptors (Lipinski definition) is 3. The van der Waals surface area contributed by atoms with Gasteiger partial charge in [-0.25, -0.2) is 8.78 Å². The van der Waals surface area contributed by atoms with E-state index in [-0.39, 0.29) is 11.1 Å². The van der Waals surface area contributed by atoms with Gasteiger partial charge in [0.05, 0.1) is 19.8 Å². The van der Waals surface area contributed by atoms with Gasteiger partial charge in [-0.1, -0.05) is 81.4 Å². The molecule has 1 aliphatic rings. The van der Waals surface area contributed by atoms with Crippen LogP contribution < -0.4 is 20.4 Å². The third-order valence-corrected chi connectivity index (χ3v) is 13.1. The van der Waals surface area contributed by atoms with Crippen molar-refractivity contribution < 1.29 is 17.9 Å². The van der Waals surface area contributed by atoms with Gasteiger partial charge in [0.1, 0.15) is 5.75 Å². The van der Waals surface area contributed by atoms with Gasteiger partial charge in [0.25, 0.3) is 14.2 Å². The molecule has 0 bridgehead atoms. The lowest BCUT2D eigenvalue weighted by molar-refractivity contribution is -0.0433. The number of benzene rings is 3. The van der Waals surface area contributed by atoms with Crippen molar-refractivity contribution in [3.8, 4) is 5.75 Å². The minimum atomic E-state index is -3.03. The van der Waals surface area contributed by atoms with Crippen LogP contribution in [0.4, 0.5) is 8.78 Å². The number of aromatic nitrogens is 1. The van der Waals surface area contributed by atoms with Crippen LogP contribution in [0.2, 0.25) is 5.04 Å². The van der Waals surface area contributed by atoms with Gasteiger partial charge in [0, 0.05) is 29.2 Å². The number of ether oxygens (including phenoxy) is 1. The van der Waals surface area contributed by atoms with E-state index in [1.165, 1.54) is 12.8 Å². The van der Waals surface area contributed by atoms with Crippen molar-refractivity contribution in [2.45, 2.75) is 64.0 Å². The molecule has 0 unspecified atom stereocenters. The highest BCUT2D eigenvalue weighted by molar-refractivity contribution is 6.99. The molecule has 7 heteroatoms. The maximum atomic E-state index is 15.5. The summed E-state index contributed by atoms with van der Waals surface area (Å²) in [6.07, 6.45) is 5.11. The first-order valence-corrected chi connectivity index (χ1v) is 16.6.